The number of aliphatic hydroxyl groups is 1. The predicted molar refractivity (Wildman–Crippen MR) is 80.9 cm³/mol. The second-order valence-corrected chi connectivity index (χ2v) is 4.72. The number of aryl methyl sites for hydroxylation is 1. The fourth-order valence-electron chi connectivity index (χ4n) is 1.77. The second kappa shape index (κ2) is 7.00. The molecule has 2 aromatic rings. The highest BCUT2D eigenvalue weighted by atomic mass is 35.5. The number of hydrogen-bond donors (Lipinski definition) is 1. The summed E-state index contributed by atoms with van der Waals surface area (Å²) in [5.74, 6) is 6.35. The molecule has 1 N–H and O–H groups in total. The summed E-state index contributed by atoms with van der Waals surface area (Å²) in [6.45, 7) is 2.22. The molecule has 0 unspecified atom stereocenters. The number of aliphatic hydroxyl groups excluding tert-OH is 1. The van der Waals surface area contributed by atoms with Crippen LogP contribution in [0.5, 0.6) is 5.75 Å². The fraction of sp³-hybridized carbons (Fsp3) is 0.176. The molecule has 0 atom stereocenters. The molecule has 0 aliphatic carbocycles. The monoisotopic (exact) mass is 286 g/mol. The average molecular weight is 287 g/mol. The van der Waals surface area contributed by atoms with Crippen molar-refractivity contribution in [3.05, 3.63) is 64.2 Å². The maximum Gasteiger partial charge on any atom is 0.120 e. The zero-order valence-electron chi connectivity index (χ0n) is 11.2. The molecule has 0 heterocycles. The molecular formula is C17H15ClO2. The van der Waals surface area contributed by atoms with Crippen molar-refractivity contribution < 1.29 is 9.84 Å². The van der Waals surface area contributed by atoms with Crippen molar-refractivity contribution in [1.82, 2.24) is 0 Å². The van der Waals surface area contributed by atoms with E-state index < -0.39 is 0 Å². The Kier molecular flexibility index (Phi) is 5.06. The number of benzene rings is 2. The summed E-state index contributed by atoms with van der Waals surface area (Å²) in [5, 5.41) is 9.49. The van der Waals surface area contributed by atoms with Gasteiger partial charge in [-0.3, -0.25) is 0 Å². The Bertz CT molecular complexity index is 654. The first-order chi connectivity index (χ1) is 9.70. The lowest BCUT2D eigenvalue weighted by Crippen LogP contribution is -1.98. The van der Waals surface area contributed by atoms with Gasteiger partial charge in [-0.25, -0.2) is 0 Å². The van der Waals surface area contributed by atoms with Gasteiger partial charge in [-0.1, -0.05) is 41.6 Å². The first-order valence-corrected chi connectivity index (χ1v) is 6.65. The molecule has 0 aromatic heterocycles. The third-order valence-corrected chi connectivity index (χ3v) is 3.27. The highest BCUT2D eigenvalue weighted by Gasteiger charge is 2.02. The van der Waals surface area contributed by atoms with E-state index >= 15 is 0 Å². The Morgan fingerprint density at radius 1 is 1.20 bits per heavy atom. The topological polar surface area (TPSA) is 29.5 Å². The van der Waals surface area contributed by atoms with Gasteiger partial charge in [0, 0.05) is 16.1 Å². The number of ether oxygens (including phenoxy) is 1. The minimum atomic E-state index is -0.147. The summed E-state index contributed by atoms with van der Waals surface area (Å²) in [5.41, 5.74) is 2.84. The lowest BCUT2D eigenvalue weighted by atomic mass is 10.1. The third kappa shape index (κ3) is 3.77. The molecule has 0 bridgehead atoms. The van der Waals surface area contributed by atoms with E-state index in [1.54, 1.807) is 0 Å². The molecule has 0 aliphatic heterocycles. The molecule has 2 nitrogen and oxygen atoms in total. The van der Waals surface area contributed by atoms with Crippen molar-refractivity contribution >= 4 is 11.6 Å². The average Bonchev–Trinajstić information content (AvgIpc) is 2.47. The minimum Gasteiger partial charge on any atom is -0.489 e. The van der Waals surface area contributed by atoms with Crippen molar-refractivity contribution in [2.24, 2.45) is 0 Å². The number of halogens is 1. The summed E-state index contributed by atoms with van der Waals surface area (Å²) in [6.07, 6.45) is 0. The van der Waals surface area contributed by atoms with Crippen LogP contribution in [-0.4, -0.2) is 11.7 Å². The smallest absolute Gasteiger partial charge is 0.120 e. The van der Waals surface area contributed by atoms with Crippen molar-refractivity contribution in [1.29, 1.82) is 0 Å². The molecule has 3 heteroatoms. The molecule has 2 aromatic carbocycles. The Morgan fingerprint density at radius 3 is 2.75 bits per heavy atom. The largest absolute Gasteiger partial charge is 0.489 e. The Hall–Kier alpha value is -1.95. The molecule has 0 aliphatic rings. The van der Waals surface area contributed by atoms with Crippen LogP contribution in [0.15, 0.2) is 42.5 Å². The van der Waals surface area contributed by atoms with Crippen molar-refractivity contribution in [3.63, 3.8) is 0 Å². The van der Waals surface area contributed by atoms with Gasteiger partial charge in [0.1, 0.15) is 19.0 Å². The molecular weight excluding hydrogens is 272 g/mol. The van der Waals surface area contributed by atoms with Crippen molar-refractivity contribution in [2.45, 2.75) is 13.5 Å². The van der Waals surface area contributed by atoms with E-state index in [-0.39, 0.29) is 6.61 Å². The Morgan fingerprint density at radius 2 is 2.00 bits per heavy atom. The number of rotatable bonds is 3. The van der Waals surface area contributed by atoms with E-state index in [4.69, 9.17) is 21.4 Å². The molecule has 0 amide bonds. The van der Waals surface area contributed by atoms with E-state index in [0.29, 0.717) is 6.61 Å². The molecule has 0 radical (unpaired) electrons. The van der Waals surface area contributed by atoms with Crippen LogP contribution in [0.25, 0.3) is 0 Å². The van der Waals surface area contributed by atoms with Crippen molar-refractivity contribution in [3.8, 4) is 17.6 Å². The summed E-state index contributed by atoms with van der Waals surface area (Å²) >= 11 is 5.98. The molecule has 20 heavy (non-hydrogen) atoms. The van der Waals surface area contributed by atoms with Crippen LogP contribution in [-0.2, 0) is 6.61 Å². The Labute approximate surface area is 124 Å². The van der Waals surface area contributed by atoms with Crippen LogP contribution in [0.2, 0.25) is 5.02 Å². The van der Waals surface area contributed by atoms with Gasteiger partial charge in [0.15, 0.2) is 0 Å². The summed E-state index contributed by atoms with van der Waals surface area (Å²) < 4.78 is 5.76. The SMILES string of the molecule is Cc1cc(OCc2ccccc2C#CCO)ccc1Cl. The predicted octanol–water partition coefficient (Wildman–Crippen LogP) is 3.57. The quantitative estimate of drug-likeness (QED) is 0.874. The zero-order chi connectivity index (χ0) is 14.4. The normalized spacial score (nSPS) is 9.75. The molecule has 0 spiro atoms. The highest BCUT2D eigenvalue weighted by Crippen LogP contribution is 2.22. The van der Waals surface area contributed by atoms with Gasteiger partial charge in [-0.2, -0.15) is 0 Å². The van der Waals surface area contributed by atoms with Crippen molar-refractivity contribution in [2.75, 3.05) is 6.61 Å². The van der Waals surface area contributed by atoms with Gasteiger partial charge in [0.05, 0.1) is 0 Å². The van der Waals surface area contributed by atoms with Crippen LogP contribution in [0.4, 0.5) is 0 Å². The molecule has 0 saturated heterocycles. The van der Waals surface area contributed by atoms with E-state index in [9.17, 15) is 0 Å². The second-order valence-electron chi connectivity index (χ2n) is 4.32. The molecule has 0 fully saturated rings. The van der Waals surface area contributed by atoms with Crippen LogP contribution in [0, 0.1) is 18.8 Å². The minimum absolute atomic E-state index is 0.147. The van der Waals surface area contributed by atoms with E-state index in [2.05, 4.69) is 11.8 Å². The first-order valence-electron chi connectivity index (χ1n) is 6.27. The van der Waals surface area contributed by atoms with E-state index in [0.717, 1.165) is 27.5 Å². The number of hydrogen-bond acceptors (Lipinski definition) is 2. The van der Waals surface area contributed by atoms with E-state index in [1.165, 1.54) is 0 Å². The lowest BCUT2D eigenvalue weighted by molar-refractivity contribution is 0.305. The van der Waals surface area contributed by atoms with Gasteiger partial charge in [0.25, 0.3) is 0 Å². The van der Waals surface area contributed by atoms with Gasteiger partial charge >= 0.3 is 0 Å². The van der Waals surface area contributed by atoms with E-state index in [1.807, 2.05) is 49.4 Å². The maximum absolute atomic E-state index is 8.77. The van der Waals surface area contributed by atoms with Crippen LogP contribution >= 0.6 is 11.6 Å². The fourth-order valence-corrected chi connectivity index (χ4v) is 1.89. The van der Waals surface area contributed by atoms with Gasteiger partial charge in [-0.15, -0.1) is 0 Å². The molecule has 2 rings (SSSR count). The summed E-state index contributed by atoms with van der Waals surface area (Å²) in [4.78, 5) is 0. The van der Waals surface area contributed by atoms with Gasteiger partial charge < -0.3 is 9.84 Å². The van der Waals surface area contributed by atoms with Crippen LogP contribution in [0.3, 0.4) is 0 Å². The molecule has 102 valence electrons. The first kappa shape index (κ1) is 14.5. The maximum atomic E-state index is 8.77. The lowest BCUT2D eigenvalue weighted by Gasteiger charge is -2.09. The highest BCUT2D eigenvalue weighted by molar-refractivity contribution is 6.31. The third-order valence-electron chi connectivity index (χ3n) is 2.84. The van der Waals surface area contributed by atoms with Crippen LogP contribution in [0.1, 0.15) is 16.7 Å². The summed E-state index contributed by atoms with van der Waals surface area (Å²) in [7, 11) is 0. The standard InChI is InChI=1S/C17H15ClO2/c1-13-11-16(8-9-17(13)18)20-12-15-6-3-2-5-14(15)7-4-10-19/h2-3,5-6,8-9,11,19H,10,12H2,1H3. The van der Waals surface area contributed by atoms with Crippen LogP contribution < -0.4 is 4.74 Å². The summed E-state index contributed by atoms with van der Waals surface area (Å²) in [6, 6.07) is 13.3. The molecule has 0 saturated carbocycles. The van der Waals surface area contributed by atoms with Gasteiger partial charge in [0.2, 0.25) is 0 Å². The Balaban J connectivity index is 2.12. The zero-order valence-corrected chi connectivity index (χ0v) is 11.9. The van der Waals surface area contributed by atoms with Gasteiger partial charge in [-0.05, 0) is 36.8 Å².